The number of nitrogens with zero attached hydrogens (tertiary/aromatic N) is 1. The smallest absolute Gasteiger partial charge is 0.140 e. The van der Waals surface area contributed by atoms with Crippen LogP contribution in [0.4, 0.5) is 0 Å². The zero-order chi connectivity index (χ0) is 13.0. The summed E-state index contributed by atoms with van der Waals surface area (Å²) in [5.74, 6) is 0.693. The van der Waals surface area contributed by atoms with E-state index in [4.69, 9.17) is 16.3 Å². The SMILES string of the molecule is CNC(C)c1ccc(OCc2nccs2)c(Cl)c1. The highest BCUT2D eigenvalue weighted by Gasteiger charge is 2.08. The van der Waals surface area contributed by atoms with Crippen LogP contribution in [-0.2, 0) is 6.61 Å². The normalized spacial score (nSPS) is 12.4. The average Bonchev–Trinajstić information content (AvgIpc) is 2.89. The van der Waals surface area contributed by atoms with Gasteiger partial charge in [-0.1, -0.05) is 17.7 Å². The Morgan fingerprint density at radius 2 is 2.33 bits per heavy atom. The molecular weight excluding hydrogens is 268 g/mol. The molecule has 1 aromatic carbocycles. The van der Waals surface area contributed by atoms with E-state index in [2.05, 4.69) is 17.2 Å². The second-order valence-electron chi connectivity index (χ2n) is 3.91. The Hall–Kier alpha value is -1.10. The third-order valence-electron chi connectivity index (χ3n) is 2.72. The Kier molecular flexibility index (Phi) is 4.58. The van der Waals surface area contributed by atoms with E-state index in [1.807, 2.05) is 30.6 Å². The molecule has 0 radical (unpaired) electrons. The van der Waals surface area contributed by atoms with E-state index in [1.54, 1.807) is 17.5 Å². The maximum absolute atomic E-state index is 6.20. The molecule has 2 rings (SSSR count). The number of rotatable bonds is 5. The Morgan fingerprint density at radius 1 is 1.50 bits per heavy atom. The molecule has 0 saturated heterocycles. The van der Waals surface area contributed by atoms with Gasteiger partial charge in [-0.2, -0.15) is 0 Å². The molecule has 2 aromatic rings. The van der Waals surface area contributed by atoms with Crippen molar-refractivity contribution >= 4 is 22.9 Å². The number of halogens is 1. The average molecular weight is 283 g/mol. The van der Waals surface area contributed by atoms with Crippen molar-refractivity contribution in [3.05, 3.63) is 45.4 Å². The highest BCUT2D eigenvalue weighted by molar-refractivity contribution is 7.09. The van der Waals surface area contributed by atoms with Crippen molar-refractivity contribution in [3.8, 4) is 5.75 Å². The molecule has 1 heterocycles. The fraction of sp³-hybridized carbons (Fsp3) is 0.308. The van der Waals surface area contributed by atoms with Crippen LogP contribution < -0.4 is 10.1 Å². The van der Waals surface area contributed by atoms with Crippen LogP contribution in [0.2, 0.25) is 5.02 Å². The lowest BCUT2D eigenvalue weighted by molar-refractivity contribution is 0.305. The molecule has 0 bridgehead atoms. The zero-order valence-electron chi connectivity index (χ0n) is 10.3. The summed E-state index contributed by atoms with van der Waals surface area (Å²) in [4.78, 5) is 4.16. The third kappa shape index (κ3) is 3.22. The third-order valence-corrected chi connectivity index (χ3v) is 3.77. The van der Waals surface area contributed by atoms with Gasteiger partial charge >= 0.3 is 0 Å². The molecule has 3 nitrogen and oxygen atoms in total. The fourth-order valence-electron chi connectivity index (χ4n) is 1.53. The highest BCUT2D eigenvalue weighted by Crippen LogP contribution is 2.28. The lowest BCUT2D eigenvalue weighted by atomic mass is 10.1. The summed E-state index contributed by atoms with van der Waals surface area (Å²) in [5.41, 5.74) is 1.14. The maximum atomic E-state index is 6.20. The predicted octanol–water partition coefficient (Wildman–Crippen LogP) is 3.66. The number of aromatic nitrogens is 1. The predicted molar refractivity (Wildman–Crippen MR) is 75.4 cm³/mol. The van der Waals surface area contributed by atoms with Crippen molar-refractivity contribution in [2.45, 2.75) is 19.6 Å². The molecule has 18 heavy (non-hydrogen) atoms. The van der Waals surface area contributed by atoms with Gasteiger partial charge in [-0.3, -0.25) is 0 Å². The van der Waals surface area contributed by atoms with E-state index in [0.717, 1.165) is 10.6 Å². The number of nitrogens with one attached hydrogen (secondary N) is 1. The molecule has 0 saturated carbocycles. The first-order chi connectivity index (χ1) is 8.70. The van der Waals surface area contributed by atoms with E-state index in [0.29, 0.717) is 17.4 Å². The van der Waals surface area contributed by atoms with Crippen LogP contribution in [-0.4, -0.2) is 12.0 Å². The Labute approximate surface area is 116 Å². The molecule has 1 unspecified atom stereocenters. The van der Waals surface area contributed by atoms with E-state index in [9.17, 15) is 0 Å². The van der Waals surface area contributed by atoms with Gasteiger partial charge in [0, 0.05) is 17.6 Å². The van der Waals surface area contributed by atoms with Gasteiger partial charge in [-0.15, -0.1) is 11.3 Å². The van der Waals surface area contributed by atoms with Crippen LogP contribution in [0.3, 0.4) is 0 Å². The minimum atomic E-state index is 0.274. The molecule has 0 aliphatic rings. The minimum absolute atomic E-state index is 0.274. The molecule has 96 valence electrons. The van der Waals surface area contributed by atoms with Crippen LogP contribution >= 0.6 is 22.9 Å². The summed E-state index contributed by atoms with van der Waals surface area (Å²) in [6.45, 7) is 2.54. The largest absolute Gasteiger partial charge is 0.485 e. The Bertz CT molecular complexity index is 502. The fourth-order valence-corrected chi connectivity index (χ4v) is 2.30. The standard InChI is InChI=1S/C13H15ClN2OS/c1-9(15-2)10-3-4-12(11(14)7-10)17-8-13-16-5-6-18-13/h3-7,9,15H,8H2,1-2H3. The van der Waals surface area contributed by atoms with Crippen molar-refractivity contribution in [1.82, 2.24) is 10.3 Å². The van der Waals surface area contributed by atoms with Gasteiger partial charge in [0.2, 0.25) is 0 Å². The molecule has 0 fully saturated rings. The van der Waals surface area contributed by atoms with Crippen LogP contribution in [0.1, 0.15) is 23.5 Å². The zero-order valence-corrected chi connectivity index (χ0v) is 11.9. The number of benzene rings is 1. The van der Waals surface area contributed by atoms with Gasteiger partial charge in [-0.25, -0.2) is 4.98 Å². The number of thiazole rings is 1. The van der Waals surface area contributed by atoms with Crippen molar-refractivity contribution in [1.29, 1.82) is 0 Å². The first kappa shape index (κ1) is 13.3. The van der Waals surface area contributed by atoms with Crippen molar-refractivity contribution in [3.63, 3.8) is 0 Å². The maximum Gasteiger partial charge on any atom is 0.140 e. The quantitative estimate of drug-likeness (QED) is 0.909. The van der Waals surface area contributed by atoms with E-state index >= 15 is 0 Å². The lowest BCUT2D eigenvalue weighted by Crippen LogP contribution is -2.12. The van der Waals surface area contributed by atoms with E-state index in [1.165, 1.54) is 0 Å². The first-order valence-electron chi connectivity index (χ1n) is 5.68. The van der Waals surface area contributed by atoms with E-state index < -0.39 is 0 Å². The van der Waals surface area contributed by atoms with Crippen molar-refractivity contribution < 1.29 is 4.74 Å². The molecule has 0 spiro atoms. The minimum Gasteiger partial charge on any atom is -0.485 e. The molecule has 0 aliphatic carbocycles. The van der Waals surface area contributed by atoms with Crippen LogP contribution in [0.25, 0.3) is 0 Å². The summed E-state index contributed by atoms with van der Waals surface area (Å²) < 4.78 is 5.65. The topological polar surface area (TPSA) is 34.1 Å². The molecule has 1 N–H and O–H groups in total. The molecular formula is C13H15ClN2OS. The van der Waals surface area contributed by atoms with Crippen molar-refractivity contribution in [2.75, 3.05) is 7.05 Å². The van der Waals surface area contributed by atoms with Gasteiger partial charge in [-0.05, 0) is 31.7 Å². The van der Waals surface area contributed by atoms with Crippen LogP contribution in [0, 0.1) is 0 Å². The number of hydrogen-bond acceptors (Lipinski definition) is 4. The molecule has 0 aliphatic heterocycles. The van der Waals surface area contributed by atoms with Gasteiger partial charge in [0.25, 0.3) is 0 Å². The summed E-state index contributed by atoms with van der Waals surface area (Å²) in [6, 6.07) is 6.12. The lowest BCUT2D eigenvalue weighted by Gasteiger charge is -2.13. The van der Waals surface area contributed by atoms with Crippen LogP contribution in [0.15, 0.2) is 29.8 Å². The monoisotopic (exact) mass is 282 g/mol. The van der Waals surface area contributed by atoms with Gasteiger partial charge in [0.1, 0.15) is 17.4 Å². The first-order valence-corrected chi connectivity index (χ1v) is 6.94. The summed E-state index contributed by atoms with van der Waals surface area (Å²) in [7, 11) is 1.92. The van der Waals surface area contributed by atoms with Gasteiger partial charge < -0.3 is 10.1 Å². The van der Waals surface area contributed by atoms with Gasteiger partial charge in [0.15, 0.2) is 0 Å². The summed E-state index contributed by atoms with van der Waals surface area (Å²) in [5, 5.41) is 6.68. The molecule has 5 heteroatoms. The number of ether oxygens (including phenoxy) is 1. The molecule has 0 amide bonds. The second-order valence-corrected chi connectivity index (χ2v) is 5.30. The summed E-state index contributed by atoms with van der Waals surface area (Å²) >= 11 is 7.77. The van der Waals surface area contributed by atoms with Gasteiger partial charge in [0.05, 0.1) is 5.02 Å². The highest BCUT2D eigenvalue weighted by atomic mass is 35.5. The van der Waals surface area contributed by atoms with E-state index in [-0.39, 0.29) is 6.04 Å². The Morgan fingerprint density at radius 3 is 2.94 bits per heavy atom. The van der Waals surface area contributed by atoms with Crippen LogP contribution in [0.5, 0.6) is 5.75 Å². The number of hydrogen-bond donors (Lipinski definition) is 1. The molecule has 1 atom stereocenters. The Balaban J connectivity index is 2.05. The molecule has 1 aromatic heterocycles. The van der Waals surface area contributed by atoms with Crippen molar-refractivity contribution in [2.24, 2.45) is 0 Å². The second kappa shape index (κ2) is 6.18. The summed E-state index contributed by atoms with van der Waals surface area (Å²) in [6.07, 6.45) is 1.77.